The number of likely N-dealkylation sites (tertiary alicyclic amines) is 1. The molecule has 2 heterocycles. The van der Waals surface area contributed by atoms with Crippen molar-refractivity contribution < 1.29 is 17.9 Å². The summed E-state index contributed by atoms with van der Waals surface area (Å²) < 4.78 is 28.1. The number of carbonyl (C=O) groups is 1. The zero-order chi connectivity index (χ0) is 18.6. The summed E-state index contributed by atoms with van der Waals surface area (Å²) in [6.45, 7) is 3.63. The van der Waals surface area contributed by atoms with Gasteiger partial charge in [-0.05, 0) is 56.0 Å². The molecule has 2 saturated heterocycles. The smallest absolute Gasteiger partial charge is 0.224 e. The molecule has 1 aromatic rings. The summed E-state index contributed by atoms with van der Waals surface area (Å²) in [5, 5.41) is 2.97. The average Bonchev–Trinajstić information content (AvgIpc) is 3.01. The van der Waals surface area contributed by atoms with E-state index < -0.39 is 9.84 Å². The summed E-state index contributed by atoms with van der Waals surface area (Å²) in [5.74, 6) is 1.07. The van der Waals surface area contributed by atoms with Crippen LogP contribution >= 0.6 is 0 Å². The maximum atomic E-state index is 12.1. The van der Waals surface area contributed by atoms with E-state index in [-0.39, 0.29) is 23.3 Å². The third-order valence-electron chi connectivity index (χ3n) is 5.44. The molecular formula is C19H28N2O4S. The molecule has 1 amide bonds. The molecule has 1 unspecified atom stereocenters. The van der Waals surface area contributed by atoms with Gasteiger partial charge in [0.05, 0.1) is 24.5 Å². The minimum atomic E-state index is -3.00. The Bertz CT molecular complexity index is 710. The van der Waals surface area contributed by atoms with E-state index in [1.54, 1.807) is 7.11 Å². The van der Waals surface area contributed by atoms with E-state index in [0.29, 0.717) is 18.9 Å². The Hall–Kier alpha value is -1.60. The second-order valence-corrected chi connectivity index (χ2v) is 9.64. The quantitative estimate of drug-likeness (QED) is 0.809. The van der Waals surface area contributed by atoms with E-state index in [4.69, 9.17) is 4.74 Å². The number of hydrogen-bond acceptors (Lipinski definition) is 5. The van der Waals surface area contributed by atoms with Crippen molar-refractivity contribution >= 4 is 15.7 Å². The third-order valence-corrected chi connectivity index (χ3v) is 7.21. The summed E-state index contributed by atoms with van der Waals surface area (Å²) in [6, 6.07) is 8.17. The normalized spacial score (nSPS) is 23.7. The summed E-state index contributed by atoms with van der Waals surface area (Å²) in [6.07, 6.45) is 2.58. The number of ether oxygens (including phenoxy) is 1. The number of nitrogens with one attached hydrogen (secondary N) is 1. The predicted octanol–water partition coefficient (Wildman–Crippen LogP) is 1.46. The van der Waals surface area contributed by atoms with Gasteiger partial charge in [0.2, 0.25) is 5.91 Å². The van der Waals surface area contributed by atoms with Crippen molar-refractivity contribution in [1.29, 1.82) is 0 Å². The van der Waals surface area contributed by atoms with Crippen LogP contribution in [0.5, 0.6) is 5.75 Å². The molecule has 0 aromatic heterocycles. The molecule has 2 aliphatic rings. The number of benzene rings is 1. The van der Waals surface area contributed by atoms with E-state index in [9.17, 15) is 13.2 Å². The number of nitrogens with zero attached hydrogens (tertiary/aromatic N) is 1. The molecule has 3 rings (SSSR count). The number of rotatable bonds is 6. The maximum Gasteiger partial charge on any atom is 0.224 e. The van der Waals surface area contributed by atoms with Crippen molar-refractivity contribution in [2.45, 2.75) is 25.8 Å². The van der Waals surface area contributed by atoms with Gasteiger partial charge >= 0.3 is 0 Å². The predicted molar refractivity (Wildman–Crippen MR) is 101 cm³/mol. The van der Waals surface area contributed by atoms with Gasteiger partial charge in [0.1, 0.15) is 5.75 Å². The summed E-state index contributed by atoms with van der Waals surface area (Å²) in [7, 11) is -1.33. The first kappa shape index (κ1) is 19.2. The van der Waals surface area contributed by atoms with Gasteiger partial charge in [-0.25, -0.2) is 8.42 Å². The molecule has 2 fully saturated rings. The zero-order valence-corrected chi connectivity index (χ0v) is 16.1. The average molecular weight is 381 g/mol. The highest BCUT2D eigenvalue weighted by atomic mass is 32.2. The second-order valence-electron chi connectivity index (χ2n) is 7.41. The minimum absolute atomic E-state index is 0.0130. The lowest BCUT2D eigenvalue weighted by Gasteiger charge is -2.32. The fourth-order valence-electron chi connectivity index (χ4n) is 3.73. The lowest BCUT2D eigenvalue weighted by Crippen LogP contribution is -2.40. The number of hydrogen-bond donors (Lipinski definition) is 1. The summed E-state index contributed by atoms with van der Waals surface area (Å²) in [4.78, 5) is 14.6. The number of sulfone groups is 1. The fourth-order valence-corrected chi connectivity index (χ4v) is 5.47. The summed E-state index contributed by atoms with van der Waals surface area (Å²) >= 11 is 0. The first-order valence-electron chi connectivity index (χ1n) is 9.28. The zero-order valence-electron chi connectivity index (χ0n) is 15.3. The standard InChI is InChI=1S/C19H28N2O4S/c1-25-18-4-2-16(3-5-18)13-21-9-6-15(7-10-21)12-20-19(22)17-8-11-26(23,24)14-17/h2-5,15,17H,6-14H2,1H3,(H,20,22). The Morgan fingerprint density at radius 2 is 1.88 bits per heavy atom. The first-order valence-corrected chi connectivity index (χ1v) is 11.1. The Morgan fingerprint density at radius 3 is 2.46 bits per heavy atom. The van der Waals surface area contributed by atoms with E-state index in [1.165, 1.54) is 5.56 Å². The van der Waals surface area contributed by atoms with Crippen LogP contribution < -0.4 is 10.1 Å². The maximum absolute atomic E-state index is 12.1. The van der Waals surface area contributed by atoms with Crippen molar-refractivity contribution in [3.05, 3.63) is 29.8 Å². The summed E-state index contributed by atoms with van der Waals surface area (Å²) in [5.41, 5.74) is 1.28. The number of piperidine rings is 1. The van der Waals surface area contributed by atoms with Gasteiger partial charge in [-0.3, -0.25) is 9.69 Å². The van der Waals surface area contributed by atoms with E-state index >= 15 is 0 Å². The highest BCUT2D eigenvalue weighted by molar-refractivity contribution is 7.91. The van der Waals surface area contributed by atoms with E-state index in [0.717, 1.165) is 38.2 Å². The van der Waals surface area contributed by atoms with Gasteiger partial charge < -0.3 is 10.1 Å². The highest BCUT2D eigenvalue weighted by Gasteiger charge is 2.33. The van der Waals surface area contributed by atoms with Gasteiger partial charge in [0, 0.05) is 13.1 Å². The molecule has 144 valence electrons. The molecule has 7 heteroatoms. The van der Waals surface area contributed by atoms with E-state index in [2.05, 4.69) is 22.3 Å². The topological polar surface area (TPSA) is 75.7 Å². The van der Waals surface area contributed by atoms with Crippen molar-refractivity contribution in [3.63, 3.8) is 0 Å². The van der Waals surface area contributed by atoms with Crippen LogP contribution in [0.2, 0.25) is 0 Å². The molecule has 0 aliphatic carbocycles. The lowest BCUT2D eigenvalue weighted by molar-refractivity contribution is -0.124. The number of amides is 1. The van der Waals surface area contributed by atoms with Crippen LogP contribution in [0.25, 0.3) is 0 Å². The van der Waals surface area contributed by atoms with Gasteiger partial charge in [-0.2, -0.15) is 0 Å². The Kier molecular flexibility index (Phi) is 6.19. The Balaban J connectivity index is 1.37. The van der Waals surface area contributed by atoms with Crippen molar-refractivity contribution in [1.82, 2.24) is 10.2 Å². The van der Waals surface area contributed by atoms with Crippen LogP contribution in [0.15, 0.2) is 24.3 Å². The van der Waals surface area contributed by atoms with Crippen LogP contribution in [0, 0.1) is 11.8 Å². The first-order chi connectivity index (χ1) is 12.4. The molecule has 0 radical (unpaired) electrons. The highest BCUT2D eigenvalue weighted by Crippen LogP contribution is 2.21. The van der Waals surface area contributed by atoms with Gasteiger partial charge in [-0.15, -0.1) is 0 Å². The lowest BCUT2D eigenvalue weighted by atomic mass is 9.96. The molecule has 26 heavy (non-hydrogen) atoms. The van der Waals surface area contributed by atoms with Crippen LogP contribution in [0.4, 0.5) is 0 Å². The van der Waals surface area contributed by atoms with E-state index in [1.807, 2.05) is 12.1 Å². The molecule has 0 bridgehead atoms. The van der Waals surface area contributed by atoms with Crippen LogP contribution in [0.3, 0.4) is 0 Å². The van der Waals surface area contributed by atoms with Crippen molar-refractivity contribution in [3.8, 4) is 5.75 Å². The largest absolute Gasteiger partial charge is 0.497 e. The Morgan fingerprint density at radius 1 is 1.19 bits per heavy atom. The Labute approximate surface area is 155 Å². The molecule has 0 saturated carbocycles. The van der Waals surface area contributed by atoms with Gasteiger partial charge in [0.25, 0.3) is 0 Å². The van der Waals surface area contributed by atoms with Crippen molar-refractivity contribution in [2.24, 2.45) is 11.8 Å². The number of methoxy groups -OCH3 is 1. The number of carbonyl (C=O) groups excluding carboxylic acids is 1. The van der Waals surface area contributed by atoms with Crippen LogP contribution in [-0.4, -0.2) is 57.5 Å². The van der Waals surface area contributed by atoms with Gasteiger partial charge in [0.15, 0.2) is 9.84 Å². The second kappa shape index (κ2) is 8.39. The van der Waals surface area contributed by atoms with Crippen LogP contribution in [-0.2, 0) is 21.2 Å². The SMILES string of the molecule is COc1ccc(CN2CCC(CNC(=O)C3CCS(=O)(=O)C3)CC2)cc1. The molecule has 0 spiro atoms. The molecule has 1 aromatic carbocycles. The van der Waals surface area contributed by atoms with Crippen molar-refractivity contribution in [2.75, 3.05) is 38.2 Å². The van der Waals surface area contributed by atoms with Gasteiger partial charge in [-0.1, -0.05) is 12.1 Å². The minimum Gasteiger partial charge on any atom is -0.497 e. The molecule has 1 N–H and O–H groups in total. The van der Waals surface area contributed by atoms with Crippen LogP contribution in [0.1, 0.15) is 24.8 Å². The third kappa shape index (κ3) is 5.20. The molecule has 2 aliphatic heterocycles. The fraction of sp³-hybridized carbons (Fsp3) is 0.632. The molecule has 6 nitrogen and oxygen atoms in total. The molecule has 1 atom stereocenters. The monoisotopic (exact) mass is 380 g/mol. The molecular weight excluding hydrogens is 352 g/mol.